The zero-order valence-corrected chi connectivity index (χ0v) is 14.0. The fourth-order valence-corrected chi connectivity index (χ4v) is 1.54. The monoisotopic (exact) mass is 329 g/mol. The maximum atomic E-state index is 11.7. The molecule has 0 heterocycles. The van der Waals surface area contributed by atoms with Crippen LogP contribution in [-0.4, -0.2) is 38.6 Å². The number of hydrogen-bond acceptors (Lipinski definition) is 4. The van der Waals surface area contributed by atoms with Crippen molar-refractivity contribution < 1.29 is 14.3 Å². The lowest BCUT2D eigenvalue weighted by molar-refractivity contribution is -0.119. The van der Waals surface area contributed by atoms with E-state index in [0.29, 0.717) is 24.5 Å². The molecule has 0 saturated heterocycles. The van der Waals surface area contributed by atoms with Crippen molar-refractivity contribution in [3.63, 3.8) is 0 Å². The summed E-state index contributed by atoms with van der Waals surface area (Å²) in [6, 6.07) is 7.07. The van der Waals surface area contributed by atoms with Crippen LogP contribution in [0.5, 0.6) is 0 Å². The van der Waals surface area contributed by atoms with E-state index in [1.807, 2.05) is 13.8 Å². The van der Waals surface area contributed by atoms with Gasteiger partial charge in [-0.05, 0) is 18.2 Å². The van der Waals surface area contributed by atoms with Crippen LogP contribution in [-0.2, 0) is 14.3 Å². The van der Waals surface area contributed by atoms with Crippen LogP contribution in [0.2, 0.25) is 0 Å². The quantitative estimate of drug-likeness (QED) is 0.636. The molecule has 0 radical (unpaired) electrons. The Bertz CT molecular complexity index is 481. The number of halogens is 1. The van der Waals surface area contributed by atoms with Gasteiger partial charge in [0.25, 0.3) is 0 Å². The highest BCUT2D eigenvalue weighted by molar-refractivity contribution is 5.95. The molecule has 1 rings (SSSR count). The van der Waals surface area contributed by atoms with E-state index in [1.54, 1.807) is 31.4 Å². The van der Waals surface area contributed by atoms with Crippen LogP contribution in [0.4, 0.5) is 11.4 Å². The van der Waals surface area contributed by atoms with Gasteiger partial charge < -0.3 is 20.7 Å². The number of hydrogen-bond donors (Lipinski definition) is 3. The molecule has 6 nitrogen and oxygen atoms in total. The van der Waals surface area contributed by atoms with Crippen LogP contribution in [0.15, 0.2) is 24.3 Å². The van der Waals surface area contributed by atoms with Crippen LogP contribution < -0.4 is 16.0 Å². The number of rotatable bonds is 8. The highest BCUT2D eigenvalue weighted by Crippen LogP contribution is 2.15. The molecule has 0 spiro atoms. The molecule has 1 aromatic carbocycles. The number of methoxy groups -OCH3 is 1. The molecule has 2 amide bonds. The Morgan fingerprint density at radius 3 is 2.41 bits per heavy atom. The van der Waals surface area contributed by atoms with Crippen molar-refractivity contribution in [2.24, 2.45) is 5.92 Å². The van der Waals surface area contributed by atoms with E-state index in [2.05, 4.69) is 16.0 Å². The third-order valence-electron chi connectivity index (χ3n) is 2.71. The second-order valence-electron chi connectivity index (χ2n) is 4.94. The van der Waals surface area contributed by atoms with Crippen LogP contribution in [0, 0.1) is 5.92 Å². The fraction of sp³-hybridized carbons (Fsp3) is 0.467. The van der Waals surface area contributed by atoms with Crippen molar-refractivity contribution in [2.45, 2.75) is 13.8 Å². The van der Waals surface area contributed by atoms with E-state index in [0.717, 1.165) is 0 Å². The van der Waals surface area contributed by atoms with Crippen LogP contribution in [0.25, 0.3) is 0 Å². The number of nitrogens with one attached hydrogen (secondary N) is 3. The lowest BCUT2D eigenvalue weighted by Crippen LogP contribution is -2.30. The van der Waals surface area contributed by atoms with Gasteiger partial charge in [-0.15, -0.1) is 12.4 Å². The Hall–Kier alpha value is -1.63. The highest BCUT2D eigenvalue weighted by atomic mass is 35.5. The maximum absolute atomic E-state index is 11.7. The van der Waals surface area contributed by atoms with Crippen LogP contribution in [0.3, 0.4) is 0 Å². The highest BCUT2D eigenvalue weighted by Gasteiger charge is 2.08. The lowest BCUT2D eigenvalue weighted by Gasteiger charge is -2.10. The molecule has 22 heavy (non-hydrogen) atoms. The molecule has 3 N–H and O–H groups in total. The summed E-state index contributed by atoms with van der Waals surface area (Å²) in [5.74, 6) is -0.286. The van der Waals surface area contributed by atoms with Crippen LogP contribution in [0.1, 0.15) is 13.8 Å². The normalized spacial score (nSPS) is 10.0. The van der Waals surface area contributed by atoms with Gasteiger partial charge in [0.2, 0.25) is 11.8 Å². The Kier molecular flexibility index (Phi) is 10.2. The first-order valence-electron chi connectivity index (χ1n) is 6.93. The molecule has 0 bridgehead atoms. The third kappa shape index (κ3) is 7.97. The minimum atomic E-state index is -0.140. The molecule has 0 aliphatic heterocycles. The van der Waals surface area contributed by atoms with Gasteiger partial charge in [-0.2, -0.15) is 0 Å². The van der Waals surface area contributed by atoms with Gasteiger partial charge in [0, 0.05) is 30.9 Å². The summed E-state index contributed by atoms with van der Waals surface area (Å²) in [5, 5.41) is 8.52. The Morgan fingerprint density at radius 2 is 1.82 bits per heavy atom. The number of carbonyl (C=O) groups is 2. The molecule has 124 valence electrons. The van der Waals surface area contributed by atoms with E-state index in [1.165, 1.54) is 0 Å². The summed E-state index contributed by atoms with van der Waals surface area (Å²) in [6.45, 7) is 5.05. The van der Waals surface area contributed by atoms with Crippen molar-refractivity contribution in [3.8, 4) is 0 Å². The molecule has 7 heteroatoms. The minimum absolute atomic E-state index is 0. The SMILES string of the molecule is COCCNCC(=O)Nc1cccc(NC(=O)C(C)C)c1.Cl. The van der Waals surface area contributed by atoms with Crippen molar-refractivity contribution in [2.75, 3.05) is 37.4 Å². The molecule has 0 aliphatic carbocycles. The number of amides is 2. The third-order valence-corrected chi connectivity index (χ3v) is 2.71. The summed E-state index contributed by atoms with van der Waals surface area (Å²) in [4.78, 5) is 23.3. The first-order valence-corrected chi connectivity index (χ1v) is 6.93. The average molecular weight is 330 g/mol. The summed E-state index contributed by atoms with van der Waals surface area (Å²) < 4.78 is 4.88. The zero-order chi connectivity index (χ0) is 15.7. The van der Waals surface area contributed by atoms with Gasteiger partial charge in [-0.3, -0.25) is 9.59 Å². The number of carbonyl (C=O) groups excluding carboxylic acids is 2. The molecule has 0 aromatic heterocycles. The summed E-state index contributed by atoms with van der Waals surface area (Å²) in [5.41, 5.74) is 1.31. The van der Waals surface area contributed by atoms with Gasteiger partial charge in [0.15, 0.2) is 0 Å². The smallest absolute Gasteiger partial charge is 0.238 e. The van der Waals surface area contributed by atoms with Crippen LogP contribution >= 0.6 is 12.4 Å². The molecule has 0 aliphatic rings. The van der Waals surface area contributed by atoms with Crippen molar-refractivity contribution in [1.29, 1.82) is 0 Å². The molecule has 1 aromatic rings. The second kappa shape index (κ2) is 11.0. The Morgan fingerprint density at radius 1 is 1.18 bits per heavy atom. The van der Waals surface area contributed by atoms with E-state index in [9.17, 15) is 9.59 Å². The van der Waals surface area contributed by atoms with E-state index < -0.39 is 0 Å². The van der Waals surface area contributed by atoms with E-state index in [-0.39, 0.29) is 36.7 Å². The van der Waals surface area contributed by atoms with E-state index in [4.69, 9.17) is 4.74 Å². The van der Waals surface area contributed by atoms with E-state index >= 15 is 0 Å². The number of ether oxygens (including phenoxy) is 1. The second-order valence-corrected chi connectivity index (χ2v) is 4.94. The van der Waals surface area contributed by atoms with Crippen molar-refractivity contribution in [3.05, 3.63) is 24.3 Å². The first-order chi connectivity index (χ1) is 10.0. The molecule has 0 saturated carbocycles. The zero-order valence-electron chi connectivity index (χ0n) is 13.1. The lowest BCUT2D eigenvalue weighted by atomic mass is 10.2. The van der Waals surface area contributed by atoms with Gasteiger partial charge in [-0.1, -0.05) is 19.9 Å². The average Bonchev–Trinajstić information content (AvgIpc) is 2.44. The topological polar surface area (TPSA) is 79.5 Å². The molecular weight excluding hydrogens is 306 g/mol. The molecule has 0 unspecified atom stereocenters. The predicted molar refractivity (Wildman–Crippen MR) is 90.5 cm³/mol. The molecule has 0 fully saturated rings. The largest absolute Gasteiger partial charge is 0.383 e. The van der Waals surface area contributed by atoms with Gasteiger partial charge >= 0.3 is 0 Å². The molecule has 0 atom stereocenters. The number of anilines is 2. The summed E-state index contributed by atoms with van der Waals surface area (Å²) in [7, 11) is 1.61. The minimum Gasteiger partial charge on any atom is -0.383 e. The van der Waals surface area contributed by atoms with Gasteiger partial charge in [0.1, 0.15) is 0 Å². The summed E-state index contributed by atoms with van der Waals surface area (Å²) >= 11 is 0. The number of benzene rings is 1. The molecular formula is C15H24ClN3O3. The predicted octanol–water partition coefficient (Wildman–Crippen LogP) is 1.88. The van der Waals surface area contributed by atoms with Gasteiger partial charge in [0.05, 0.1) is 13.2 Å². The summed E-state index contributed by atoms with van der Waals surface area (Å²) in [6.07, 6.45) is 0. The van der Waals surface area contributed by atoms with Crippen molar-refractivity contribution in [1.82, 2.24) is 5.32 Å². The van der Waals surface area contributed by atoms with Gasteiger partial charge in [-0.25, -0.2) is 0 Å². The fourth-order valence-electron chi connectivity index (χ4n) is 1.54. The Labute approximate surface area is 137 Å². The first kappa shape index (κ1) is 20.4. The standard InChI is InChI=1S/C15H23N3O3.ClH/c1-11(2)15(20)18-13-6-4-5-12(9-13)17-14(19)10-16-7-8-21-3;/h4-6,9,11,16H,7-8,10H2,1-3H3,(H,17,19)(H,18,20);1H. The Balaban J connectivity index is 0.00000441. The van der Waals surface area contributed by atoms with Crippen molar-refractivity contribution >= 4 is 35.6 Å². The maximum Gasteiger partial charge on any atom is 0.238 e.